The number of allylic oxidation sites excluding steroid dienone is 1. The molecule has 0 aromatic heterocycles. The topological polar surface area (TPSA) is 12.4 Å². The molecule has 1 aromatic carbocycles. The number of aryl methyl sites for hydroxylation is 1. The highest BCUT2D eigenvalue weighted by atomic mass is 14.7. The largest absolute Gasteiger partial charge is 0.264 e. The summed E-state index contributed by atoms with van der Waals surface area (Å²) in [5.41, 5.74) is 4.21. The van der Waals surface area contributed by atoms with E-state index in [4.69, 9.17) is 0 Å². The van der Waals surface area contributed by atoms with Crippen molar-refractivity contribution < 1.29 is 0 Å². The minimum atomic E-state index is 0.949. The van der Waals surface area contributed by atoms with Gasteiger partial charge in [0.15, 0.2) is 0 Å². The molecular weight excluding hydrogens is 170 g/mol. The smallest absolute Gasteiger partial charge is 0.0726 e. The Balaban J connectivity index is 0.000000791. The molecule has 0 atom stereocenters. The molecule has 1 nitrogen and oxygen atoms in total. The minimum absolute atomic E-state index is 0.949. The first-order chi connectivity index (χ1) is 6.66. The van der Waals surface area contributed by atoms with Crippen molar-refractivity contribution >= 4 is 18.0 Å². The Hall–Kier alpha value is -1.37. The van der Waals surface area contributed by atoms with Crippen molar-refractivity contribution in [3.05, 3.63) is 35.9 Å². The summed E-state index contributed by atoms with van der Waals surface area (Å²) in [6.07, 6.45) is 0. The zero-order valence-corrected chi connectivity index (χ0v) is 9.59. The lowest BCUT2D eigenvalue weighted by atomic mass is 10.0. The summed E-state index contributed by atoms with van der Waals surface area (Å²) in [4.78, 5) is 3.98. The summed E-state index contributed by atoms with van der Waals surface area (Å²) in [6, 6.07) is 6.05. The first-order valence-corrected chi connectivity index (χ1v) is 4.89. The Morgan fingerprint density at radius 3 is 2.21 bits per heavy atom. The molecule has 14 heavy (non-hydrogen) atoms. The Kier molecular flexibility index (Phi) is 5.54. The van der Waals surface area contributed by atoms with E-state index in [-0.39, 0.29) is 0 Å². The first-order valence-electron chi connectivity index (χ1n) is 4.89. The van der Waals surface area contributed by atoms with Gasteiger partial charge in [-0.25, -0.2) is 0 Å². The average Bonchev–Trinajstić information content (AvgIpc) is 2.20. The molecule has 0 N–H and O–H groups in total. The zero-order valence-electron chi connectivity index (χ0n) is 9.59. The second-order valence-electron chi connectivity index (χ2n) is 2.91. The van der Waals surface area contributed by atoms with Crippen LogP contribution in [0.2, 0.25) is 0 Å². The molecule has 0 heterocycles. The van der Waals surface area contributed by atoms with E-state index in [1.807, 2.05) is 45.9 Å². The molecule has 0 radical (unpaired) electrons. The van der Waals surface area contributed by atoms with Crippen LogP contribution in [0.5, 0.6) is 0 Å². The maximum atomic E-state index is 3.98. The van der Waals surface area contributed by atoms with Gasteiger partial charge in [-0.3, -0.25) is 4.99 Å². The molecule has 0 spiro atoms. The second kappa shape index (κ2) is 6.14. The monoisotopic (exact) mass is 189 g/mol. The van der Waals surface area contributed by atoms with E-state index < -0.39 is 0 Å². The van der Waals surface area contributed by atoms with E-state index in [2.05, 4.69) is 18.3 Å². The summed E-state index contributed by atoms with van der Waals surface area (Å²) in [7, 11) is 0. The Morgan fingerprint density at radius 2 is 1.86 bits per heavy atom. The van der Waals surface area contributed by atoms with Crippen LogP contribution >= 0.6 is 0 Å². The number of hydrogen-bond acceptors (Lipinski definition) is 1. The third-order valence-electron chi connectivity index (χ3n) is 1.86. The fraction of sp³-hybridized carbons (Fsp3) is 0.308. The van der Waals surface area contributed by atoms with Crippen LogP contribution in [0.25, 0.3) is 5.57 Å². The SMILES string of the molecule is C=Nc1c(C)cccc1C(=C)C.CC. The third-order valence-corrected chi connectivity index (χ3v) is 1.86. The van der Waals surface area contributed by atoms with Gasteiger partial charge in [-0.1, -0.05) is 38.6 Å². The van der Waals surface area contributed by atoms with E-state index in [0.717, 1.165) is 22.4 Å². The van der Waals surface area contributed by atoms with Crippen LogP contribution in [-0.2, 0) is 0 Å². The summed E-state index contributed by atoms with van der Waals surface area (Å²) in [6.45, 7) is 15.4. The molecule has 0 aliphatic rings. The Labute approximate surface area is 87.2 Å². The molecule has 0 saturated heterocycles. The summed E-state index contributed by atoms with van der Waals surface area (Å²) < 4.78 is 0. The molecular formula is C13H19N. The lowest BCUT2D eigenvalue weighted by Crippen LogP contribution is -1.82. The van der Waals surface area contributed by atoms with Gasteiger partial charge in [0.25, 0.3) is 0 Å². The molecule has 0 unspecified atom stereocenters. The summed E-state index contributed by atoms with van der Waals surface area (Å²) in [5, 5.41) is 0. The van der Waals surface area contributed by atoms with Gasteiger partial charge in [-0.05, 0) is 31.7 Å². The summed E-state index contributed by atoms with van der Waals surface area (Å²) in [5.74, 6) is 0. The number of aliphatic imine (C=N–C) groups is 1. The number of benzene rings is 1. The molecule has 0 saturated carbocycles. The average molecular weight is 189 g/mol. The van der Waals surface area contributed by atoms with Crippen LogP contribution in [-0.4, -0.2) is 6.72 Å². The minimum Gasteiger partial charge on any atom is -0.264 e. The van der Waals surface area contributed by atoms with Crippen molar-refractivity contribution in [2.75, 3.05) is 0 Å². The van der Waals surface area contributed by atoms with Crippen LogP contribution in [0.1, 0.15) is 31.9 Å². The quantitative estimate of drug-likeness (QED) is 0.612. The maximum absolute atomic E-state index is 3.98. The molecule has 0 fully saturated rings. The van der Waals surface area contributed by atoms with Gasteiger partial charge in [0.05, 0.1) is 5.69 Å². The fourth-order valence-corrected chi connectivity index (χ4v) is 1.21. The van der Waals surface area contributed by atoms with E-state index in [9.17, 15) is 0 Å². The highest BCUT2D eigenvalue weighted by Crippen LogP contribution is 2.27. The van der Waals surface area contributed by atoms with Gasteiger partial charge >= 0.3 is 0 Å². The second-order valence-corrected chi connectivity index (χ2v) is 2.91. The van der Waals surface area contributed by atoms with Gasteiger partial charge in [-0.15, -0.1) is 0 Å². The van der Waals surface area contributed by atoms with E-state index >= 15 is 0 Å². The number of para-hydroxylation sites is 1. The van der Waals surface area contributed by atoms with Crippen molar-refractivity contribution in [3.63, 3.8) is 0 Å². The zero-order chi connectivity index (χ0) is 11.1. The van der Waals surface area contributed by atoms with E-state index in [1.165, 1.54) is 0 Å². The highest BCUT2D eigenvalue weighted by Gasteiger charge is 2.02. The van der Waals surface area contributed by atoms with Gasteiger partial charge in [0.2, 0.25) is 0 Å². The van der Waals surface area contributed by atoms with E-state index in [1.54, 1.807) is 0 Å². The van der Waals surface area contributed by atoms with Crippen molar-refractivity contribution in [3.8, 4) is 0 Å². The lowest BCUT2D eigenvalue weighted by Gasteiger charge is -2.06. The van der Waals surface area contributed by atoms with Crippen LogP contribution in [0.3, 0.4) is 0 Å². The molecule has 1 aromatic rings. The predicted octanol–water partition coefficient (Wildman–Crippen LogP) is 4.39. The van der Waals surface area contributed by atoms with E-state index in [0.29, 0.717) is 0 Å². The van der Waals surface area contributed by atoms with Gasteiger partial charge in [0, 0.05) is 5.56 Å². The molecule has 0 bridgehead atoms. The van der Waals surface area contributed by atoms with Gasteiger partial charge in [0.1, 0.15) is 0 Å². The van der Waals surface area contributed by atoms with Crippen molar-refractivity contribution in [2.45, 2.75) is 27.7 Å². The van der Waals surface area contributed by atoms with Gasteiger partial charge < -0.3 is 0 Å². The molecule has 1 rings (SSSR count). The Morgan fingerprint density at radius 1 is 1.29 bits per heavy atom. The molecule has 0 amide bonds. The van der Waals surface area contributed by atoms with Crippen LogP contribution < -0.4 is 0 Å². The molecule has 0 aliphatic heterocycles. The number of hydrogen-bond donors (Lipinski definition) is 0. The number of nitrogens with zero attached hydrogens (tertiary/aromatic N) is 1. The maximum Gasteiger partial charge on any atom is 0.0726 e. The van der Waals surface area contributed by atoms with Crippen LogP contribution in [0.15, 0.2) is 29.8 Å². The first kappa shape index (κ1) is 12.6. The molecule has 1 heteroatoms. The van der Waals surface area contributed by atoms with Gasteiger partial charge in [-0.2, -0.15) is 0 Å². The standard InChI is InChI=1S/C11H13N.C2H6/c1-8(2)10-7-5-6-9(3)11(10)12-4;1-2/h5-7H,1,4H2,2-3H3;1-2H3. The normalized spacial score (nSPS) is 8.57. The predicted molar refractivity (Wildman–Crippen MR) is 66.4 cm³/mol. The molecule has 0 aliphatic carbocycles. The fourth-order valence-electron chi connectivity index (χ4n) is 1.21. The van der Waals surface area contributed by atoms with Crippen molar-refractivity contribution in [1.29, 1.82) is 0 Å². The van der Waals surface area contributed by atoms with Crippen LogP contribution in [0, 0.1) is 6.92 Å². The van der Waals surface area contributed by atoms with Crippen LogP contribution in [0.4, 0.5) is 5.69 Å². The summed E-state index contributed by atoms with van der Waals surface area (Å²) >= 11 is 0. The van der Waals surface area contributed by atoms with Crippen molar-refractivity contribution in [2.24, 2.45) is 4.99 Å². The third kappa shape index (κ3) is 2.84. The molecule has 76 valence electrons. The lowest BCUT2D eigenvalue weighted by molar-refractivity contribution is 1.38. The highest BCUT2D eigenvalue weighted by molar-refractivity contribution is 5.75. The van der Waals surface area contributed by atoms with Crippen molar-refractivity contribution in [1.82, 2.24) is 0 Å². The Bertz CT molecular complexity index is 324. The number of rotatable bonds is 2.